The molecule has 1 saturated heterocycles. The maximum atomic E-state index is 4.21. The minimum absolute atomic E-state index is 0.673. The summed E-state index contributed by atoms with van der Waals surface area (Å²) in [7, 11) is 0. The maximum Gasteiger partial charge on any atom is 0.0964 e. The second kappa shape index (κ2) is 7.01. The molecule has 0 aromatic carbocycles. The summed E-state index contributed by atoms with van der Waals surface area (Å²) in [4.78, 5) is 2.52. The molecule has 0 amide bonds. The molecular formula is C14H27N5. The monoisotopic (exact) mass is 265 g/mol. The van der Waals surface area contributed by atoms with Crippen LogP contribution in [0.3, 0.4) is 0 Å². The van der Waals surface area contributed by atoms with Crippen LogP contribution in [0.5, 0.6) is 0 Å². The molecule has 1 aromatic rings. The van der Waals surface area contributed by atoms with Gasteiger partial charge in [-0.15, -0.1) is 5.10 Å². The summed E-state index contributed by atoms with van der Waals surface area (Å²) in [6.45, 7) is 13.1. The average molecular weight is 265 g/mol. The van der Waals surface area contributed by atoms with Crippen LogP contribution in [0, 0.1) is 11.8 Å². The molecule has 1 atom stereocenters. The van der Waals surface area contributed by atoms with Gasteiger partial charge in [-0.05, 0) is 31.3 Å². The average Bonchev–Trinajstić information content (AvgIpc) is 2.95. The van der Waals surface area contributed by atoms with Crippen molar-refractivity contribution in [2.75, 3.05) is 26.2 Å². The molecule has 1 unspecified atom stereocenters. The minimum atomic E-state index is 0.673. The highest BCUT2D eigenvalue weighted by molar-refractivity contribution is 4.91. The molecule has 0 bridgehead atoms. The van der Waals surface area contributed by atoms with Crippen molar-refractivity contribution >= 4 is 0 Å². The van der Waals surface area contributed by atoms with Crippen LogP contribution in [0.1, 0.15) is 32.9 Å². The molecule has 1 fully saturated rings. The van der Waals surface area contributed by atoms with E-state index < -0.39 is 0 Å². The SMILES string of the molecule is CC(C)CNCc1cn(CCN2CCC(C)C2)nn1. The second-order valence-electron chi connectivity index (χ2n) is 6.19. The lowest BCUT2D eigenvalue weighted by atomic mass is 10.2. The highest BCUT2D eigenvalue weighted by atomic mass is 15.4. The van der Waals surface area contributed by atoms with Crippen molar-refractivity contribution in [2.24, 2.45) is 11.8 Å². The van der Waals surface area contributed by atoms with Crippen LogP contribution in [-0.4, -0.2) is 46.1 Å². The zero-order valence-electron chi connectivity index (χ0n) is 12.5. The Balaban J connectivity index is 1.68. The molecule has 1 aromatic heterocycles. The van der Waals surface area contributed by atoms with Gasteiger partial charge < -0.3 is 10.2 Å². The van der Waals surface area contributed by atoms with E-state index in [-0.39, 0.29) is 0 Å². The van der Waals surface area contributed by atoms with Gasteiger partial charge in [-0.3, -0.25) is 4.68 Å². The predicted octanol–water partition coefficient (Wildman–Crippen LogP) is 1.37. The first-order valence-corrected chi connectivity index (χ1v) is 7.45. The summed E-state index contributed by atoms with van der Waals surface area (Å²) < 4.78 is 1.97. The topological polar surface area (TPSA) is 46.0 Å². The van der Waals surface area contributed by atoms with E-state index in [0.29, 0.717) is 5.92 Å². The molecule has 0 radical (unpaired) electrons. The largest absolute Gasteiger partial charge is 0.311 e. The Labute approximate surface area is 116 Å². The lowest BCUT2D eigenvalue weighted by Crippen LogP contribution is -2.25. The molecular weight excluding hydrogens is 238 g/mol. The molecule has 1 aliphatic heterocycles. The second-order valence-corrected chi connectivity index (χ2v) is 6.19. The Hall–Kier alpha value is -0.940. The molecule has 5 heteroatoms. The fourth-order valence-electron chi connectivity index (χ4n) is 2.49. The Morgan fingerprint density at radius 3 is 2.95 bits per heavy atom. The van der Waals surface area contributed by atoms with Crippen LogP contribution >= 0.6 is 0 Å². The molecule has 2 heterocycles. The van der Waals surface area contributed by atoms with Gasteiger partial charge in [0.15, 0.2) is 0 Å². The van der Waals surface area contributed by atoms with E-state index >= 15 is 0 Å². The van der Waals surface area contributed by atoms with Crippen LogP contribution in [0.15, 0.2) is 6.20 Å². The van der Waals surface area contributed by atoms with Crippen LogP contribution in [0.4, 0.5) is 0 Å². The van der Waals surface area contributed by atoms with E-state index in [4.69, 9.17) is 0 Å². The number of hydrogen-bond donors (Lipinski definition) is 1. The summed E-state index contributed by atoms with van der Waals surface area (Å²) in [6, 6.07) is 0. The van der Waals surface area contributed by atoms with Gasteiger partial charge in [-0.2, -0.15) is 0 Å². The summed E-state index contributed by atoms with van der Waals surface area (Å²) in [6.07, 6.45) is 3.40. The summed E-state index contributed by atoms with van der Waals surface area (Å²) in [5.41, 5.74) is 1.04. The fourth-order valence-corrected chi connectivity index (χ4v) is 2.49. The molecule has 5 nitrogen and oxygen atoms in total. The summed E-state index contributed by atoms with van der Waals surface area (Å²) in [5, 5.41) is 11.8. The highest BCUT2D eigenvalue weighted by Gasteiger charge is 2.17. The minimum Gasteiger partial charge on any atom is -0.311 e. The smallest absolute Gasteiger partial charge is 0.0964 e. The van der Waals surface area contributed by atoms with E-state index in [1.165, 1.54) is 19.5 Å². The molecule has 108 valence electrons. The number of aromatic nitrogens is 3. The molecule has 0 saturated carbocycles. The third-order valence-electron chi connectivity index (χ3n) is 3.60. The van der Waals surface area contributed by atoms with Crippen molar-refractivity contribution in [3.8, 4) is 0 Å². The molecule has 2 rings (SSSR count). The van der Waals surface area contributed by atoms with Gasteiger partial charge in [-0.25, -0.2) is 0 Å². The van der Waals surface area contributed by atoms with E-state index in [1.807, 2.05) is 4.68 Å². The summed E-state index contributed by atoms with van der Waals surface area (Å²) >= 11 is 0. The number of likely N-dealkylation sites (tertiary alicyclic amines) is 1. The van der Waals surface area contributed by atoms with Crippen molar-refractivity contribution in [1.82, 2.24) is 25.2 Å². The van der Waals surface area contributed by atoms with E-state index in [1.54, 1.807) is 0 Å². The fraction of sp³-hybridized carbons (Fsp3) is 0.857. The normalized spacial score (nSPS) is 20.5. The van der Waals surface area contributed by atoms with E-state index in [0.717, 1.165) is 37.8 Å². The van der Waals surface area contributed by atoms with Crippen molar-refractivity contribution < 1.29 is 0 Å². The van der Waals surface area contributed by atoms with Gasteiger partial charge in [0.25, 0.3) is 0 Å². The van der Waals surface area contributed by atoms with Gasteiger partial charge in [0.2, 0.25) is 0 Å². The molecule has 19 heavy (non-hydrogen) atoms. The summed E-state index contributed by atoms with van der Waals surface area (Å²) in [5.74, 6) is 1.53. The Morgan fingerprint density at radius 1 is 1.42 bits per heavy atom. The Morgan fingerprint density at radius 2 is 2.26 bits per heavy atom. The van der Waals surface area contributed by atoms with Crippen molar-refractivity contribution in [3.63, 3.8) is 0 Å². The first-order valence-electron chi connectivity index (χ1n) is 7.45. The van der Waals surface area contributed by atoms with Crippen LogP contribution in [0.25, 0.3) is 0 Å². The van der Waals surface area contributed by atoms with Gasteiger partial charge in [0.1, 0.15) is 0 Å². The van der Waals surface area contributed by atoms with Crippen LogP contribution in [0.2, 0.25) is 0 Å². The number of nitrogens with one attached hydrogen (secondary N) is 1. The molecule has 0 aliphatic carbocycles. The number of nitrogens with zero attached hydrogens (tertiary/aromatic N) is 4. The first kappa shape index (κ1) is 14.5. The lowest BCUT2D eigenvalue weighted by molar-refractivity contribution is 0.305. The maximum absolute atomic E-state index is 4.21. The van der Waals surface area contributed by atoms with E-state index in [9.17, 15) is 0 Å². The van der Waals surface area contributed by atoms with Gasteiger partial charge in [-0.1, -0.05) is 26.0 Å². The Bertz CT molecular complexity index is 374. The zero-order valence-corrected chi connectivity index (χ0v) is 12.5. The number of hydrogen-bond acceptors (Lipinski definition) is 4. The highest BCUT2D eigenvalue weighted by Crippen LogP contribution is 2.14. The zero-order chi connectivity index (χ0) is 13.7. The van der Waals surface area contributed by atoms with Crippen LogP contribution in [-0.2, 0) is 13.1 Å². The predicted molar refractivity (Wildman–Crippen MR) is 76.8 cm³/mol. The van der Waals surface area contributed by atoms with Crippen LogP contribution < -0.4 is 5.32 Å². The van der Waals surface area contributed by atoms with Gasteiger partial charge >= 0.3 is 0 Å². The molecule has 1 aliphatic rings. The molecule has 1 N–H and O–H groups in total. The lowest BCUT2D eigenvalue weighted by Gasteiger charge is -2.14. The van der Waals surface area contributed by atoms with Crippen molar-refractivity contribution in [1.29, 1.82) is 0 Å². The first-order chi connectivity index (χ1) is 9.13. The van der Waals surface area contributed by atoms with Gasteiger partial charge in [0, 0.05) is 25.8 Å². The standard InChI is InChI=1S/C14H27N5/c1-12(2)8-15-9-14-11-19(17-16-14)7-6-18-5-4-13(3)10-18/h11-13,15H,4-10H2,1-3H3. The van der Waals surface area contributed by atoms with Gasteiger partial charge in [0.05, 0.1) is 12.2 Å². The Kier molecular flexibility index (Phi) is 5.34. The molecule has 0 spiro atoms. The van der Waals surface area contributed by atoms with Crippen molar-refractivity contribution in [2.45, 2.75) is 40.3 Å². The van der Waals surface area contributed by atoms with E-state index in [2.05, 4.69) is 47.5 Å². The third kappa shape index (κ3) is 4.91. The van der Waals surface area contributed by atoms with Crippen molar-refractivity contribution in [3.05, 3.63) is 11.9 Å². The third-order valence-corrected chi connectivity index (χ3v) is 3.60. The quantitative estimate of drug-likeness (QED) is 0.809. The number of rotatable bonds is 7.